The largest absolute Gasteiger partial charge is 0.496 e. The van der Waals surface area contributed by atoms with Gasteiger partial charge in [0.15, 0.2) is 17.3 Å². The lowest BCUT2D eigenvalue weighted by Crippen LogP contribution is -2.22. The summed E-state index contributed by atoms with van der Waals surface area (Å²) in [6, 6.07) is 12.4. The molecule has 0 saturated carbocycles. The third kappa shape index (κ3) is 4.91. The zero-order valence-electron chi connectivity index (χ0n) is 18.8. The van der Waals surface area contributed by atoms with Crippen molar-refractivity contribution in [1.82, 2.24) is 5.32 Å². The summed E-state index contributed by atoms with van der Waals surface area (Å²) in [4.78, 5) is 12.6. The van der Waals surface area contributed by atoms with E-state index in [1.54, 1.807) is 65.9 Å². The van der Waals surface area contributed by atoms with Crippen molar-refractivity contribution in [3.05, 3.63) is 65.1 Å². The summed E-state index contributed by atoms with van der Waals surface area (Å²) in [7, 11) is 7.85. The van der Waals surface area contributed by atoms with Crippen LogP contribution in [0.15, 0.2) is 46.9 Å². The molecule has 0 radical (unpaired) electrons. The Morgan fingerprint density at radius 1 is 0.844 bits per heavy atom. The van der Waals surface area contributed by atoms with Gasteiger partial charge in [-0.15, -0.1) is 0 Å². The Morgan fingerprint density at radius 3 is 2.12 bits per heavy atom. The van der Waals surface area contributed by atoms with E-state index in [2.05, 4.69) is 5.32 Å². The van der Waals surface area contributed by atoms with Gasteiger partial charge in [-0.25, -0.2) is 0 Å². The van der Waals surface area contributed by atoms with E-state index in [0.29, 0.717) is 40.9 Å². The number of carbonyl (C=O) groups excluding carboxylic acids is 1. The van der Waals surface area contributed by atoms with E-state index in [1.165, 1.54) is 0 Å². The number of para-hydroxylation sites is 1. The lowest BCUT2D eigenvalue weighted by atomic mass is 10.1. The average molecular weight is 441 g/mol. The third-order valence-electron chi connectivity index (χ3n) is 4.98. The molecule has 0 aliphatic heterocycles. The van der Waals surface area contributed by atoms with Crippen LogP contribution in [0, 0.1) is 0 Å². The summed E-state index contributed by atoms with van der Waals surface area (Å²) in [5.74, 6) is 3.47. The predicted octanol–water partition coefficient (Wildman–Crippen LogP) is 3.84. The molecule has 1 amide bonds. The molecule has 8 heteroatoms. The Kier molecular flexibility index (Phi) is 7.49. The van der Waals surface area contributed by atoms with Crippen LogP contribution in [0.3, 0.4) is 0 Å². The molecule has 0 fully saturated rings. The molecule has 0 saturated heterocycles. The maximum absolute atomic E-state index is 12.6. The van der Waals surface area contributed by atoms with E-state index in [-0.39, 0.29) is 18.2 Å². The van der Waals surface area contributed by atoms with Gasteiger partial charge in [0.1, 0.15) is 23.0 Å². The summed E-state index contributed by atoms with van der Waals surface area (Å²) in [6.07, 6.45) is 0.382. The van der Waals surface area contributed by atoms with E-state index in [4.69, 9.17) is 28.1 Å². The molecule has 170 valence electrons. The number of ether oxygens (including phenoxy) is 5. The zero-order valence-corrected chi connectivity index (χ0v) is 18.8. The van der Waals surface area contributed by atoms with Crippen LogP contribution in [0.1, 0.15) is 27.4 Å². The monoisotopic (exact) mass is 441 g/mol. The minimum atomic E-state index is -0.338. The van der Waals surface area contributed by atoms with Crippen LogP contribution in [0.4, 0.5) is 0 Å². The first kappa shape index (κ1) is 22.9. The van der Waals surface area contributed by atoms with Gasteiger partial charge in [-0.05, 0) is 18.2 Å². The highest BCUT2D eigenvalue weighted by Crippen LogP contribution is 2.36. The Balaban J connectivity index is 1.74. The van der Waals surface area contributed by atoms with Crippen LogP contribution in [0.25, 0.3) is 0 Å². The maximum atomic E-state index is 12.6. The number of nitrogens with one attached hydrogen (secondary N) is 1. The van der Waals surface area contributed by atoms with Crippen molar-refractivity contribution in [2.45, 2.75) is 13.0 Å². The first-order valence-corrected chi connectivity index (χ1v) is 9.90. The first-order chi connectivity index (χ1) is 15.5. The SMILES string of the molecule is COc1cc(OC)c(Cc2ccc(C(=O)NCc3cccc(OC)c3OC)o2)c(OC)c1. The van der Waals surface area contributed by atoms with E-state index < -0.39 is 0 Å². The van der Waals surface area contributed by atoms with Gasteiger partial charge in [-0.3, -0.25) is 4.79 Å². The van der Waals surface area contributed by atoms with E-state index in [9.17, 15) is 4.79 Å². The Hall–Kier alpha value is -3.81. The molecule has 1 N–H and O–H groups in total. The second-order valence-electron chi connectivity index (χ2n) is 6.79. The van der Waals surface area contributed by atoms with Gasteiger partial charge < -0.3 is 33.4 Å². The fourth-order valence-corrected chi connectivity index (χ4v) is 3.38. The summed E-state index contributed by atoms with van der Waals surface area (Å²) < 4.78 is 32.7. The number of benzene rings is 2. The highest BCUT2D eigenvalue weighted by Gasteiger charge is 2.18. The second kappa shape index (κ2) is 10.5. The molecule has 0 spiro atoms. The topological polar surface area (TPSA) is 88.4 Å². The number of amides is 1. The van der Waals surface area contributed by atoms with Crippen LogP contribution >= 0.6 is 0 Å². The van der Waals surface area contributed by atoms with Crippen molar-refractivity contribution in [2.24, 2.45) is 0 Å². The zero-order chi connectivity index (χ0) is 23.1. The Morgan fingerprint density at radius 2 is 1.53 bits per heavy atom. The van der Waals surface area contributed by atoms with E-state index >= 15 is 0 Å². The number of rotatable bonds is 10. The molecule has 3 aromatic rings. The minimum absolute atomic E-state index is 0.202. The molecule has 0 aliphatic rings. The first-order valence-electron chi connectivity index (χ1n) is 9.90. The van der Waals surface area contributed by atoms with Crippen LogP contribution in [0.5, 0.6) is 28.7 Å². The quantitative estimate of drug-likeness (QED) is 0.511. The number of furan rings is 1. The van der Waals surface area contributed by atoms with Crippen LogP contribution in [-0.4, -0.2) is 41.5 Å². The van der Waals surface area contributed by atoms with Gasteiger partial charge in [-0.1, -0.05) is 12.1 Å². The number of carbonyl (C=O) groups is 1. The lowest BCUT2D eigenvalue weighted by molar-refractivity contribution is 0.0921. The van der Waals surface area contributed by atoms with Crippen molar-refractivity contribution in [3.63, 3.8) is 0 Å². The molecule has 1 aromatic heterocycles. The number of methoxy groups -OCH3 is 5. The van der Waals surface area contributed by atoms with Gasteiger partial charge in [0.2, 0.25) is 0 Å². The molecule has 0 bridgehead atoms. The van der Waals surface area contributed by atoms with Crippen molar-refractivity contribution in [3.8, 4) is 28.7 Å². The lowest BCUT2D eigenvalue weighted by Gasteiger charge is -2.14. The van der Waals surface area contributed by atoms with Crippen LogP contribution < -0.4 is 29.0 Å². The standard InChI is InChI=1S/C24H27NO7/c1-27-17-12-21(29-3)18(22(13-17)30-4)11-16-9-10-20(32-16)24(26)25-14-15-7-6-8-19(28-2)23(15)31-5/h6-10,12-13H,11,14H2,1-5H3,(H,25,26). The number of hydrogen-bond donors (Lipinski definition) is 1. The highest BCUT2D eigenvalue weighted by atomic mass is 16.5. The average Bonchev–Trinajstić information content (AvgIpc) is 3.30. The fraction of sp³-hybridized carbons (Fsp3) is 0.292. The van der Waals surface area contributed by atoms with Crippen LogP contribution in [0.2, 0.25) is 0 Å². The third-order valence-corrected chi connectivity index (χ3v) is 4.98. The summed E-state index contributed by atoms with van der Waals surface area (Å²) in [5.41, 5.74) is 1.58. The molecule has 0 unspecified atom stereocenters. The van der Waals surface area contributed by atoms with Crippen molar-refractivity contribution in [1.29, 1.82) is 0 Å². The fourth-order valence-electron chi connectivity index (χ4n) is 3.38. The van der Waals surface area contributed by atoms with Gasteiger partial charge in [0, 0.05) is 36.2 Å². The second-order valence-corrected chi connectivity index (χ2v) is 6.79. The summed E-state index contributed by atoms with van der Waals surface area (Å²) in [5, 5.41) is 2.84. The molecular formula is C24H27NO7. The maximum Gasteiger partial charge on any atom is 0.287 e. The molecule has 3 rings (SSSR count). The van der Waals surface area contributed by atoms with Gasteiger partial charge >= 0.3 is 0 Å². The smallest absolute Gasteiger partial charge is 0.287 e. The normalized spacial score (nSPS) is 10.4. The van der Waals surface area contributed by atoms with Gasteiger partial charge in [-0.2, -0.15) is 0 Å². The molecular weight excluding hydrogens is 414 g/mol. The van der Waals surface area contributed by atoms with Crippen molar-refractivity contribution >= 4 is 5.91 Å². The molecule has 0 atom stereocenters. The summed E-state index contributed by atoms with van der Waals surface area (Å²) in [6.45, 7) is 0.259. The highest BCUT2D eigenvalue weighted by molar-refractivity contribution is 5.91. The molecule has 2 aromatic carbocycles. The van der Waals surface area contributed by atoms with Crippen molar-refractivity contribution < 1.29 is 32.9 Å². The van der Waals surface area contributed by atoms with Crippen LogP contribution in [-0.2, 0) is 13.0 Å². The van der Waals surface area contributed by atoms with E-state index in [0.717, 1.165) is 11.1 Å². The van der Waals surface area contributed by atoms with Crippen molar-refractivity contribution in [2.75, 3.05) is 35.5 Å². The molecule has 1 heterocycles. The van der Waals surface area contributed by atoms with E-state index in [1.807, 2.05) is 12.1 Å². The molecule has 32 heavy (non-hydrogen) atoms. The molecule has 8 nitrogen and oxygen atoms in total. The van der Waals surface area contributed by atoms with Gasteiger partial charge in [0.25, 0.3) is 5.91 Å². The number of hydrogen-bond acceptors (Lipinski definition) is 7. The Bertz CT molecular complexity index is 1050. The predicted molar refractivity (Wildman–Crippen MR) is 118 cm³/mol. The Labute approximate surface area is 187 Å². The molecule has 0 aliphatic carbocycles. The summed E-state index contributed by atoms with van der Waals surface area (Å²) >= 11 is 0. The minimum Gasteiger partial charge on any atom is -0.496 e. The van der Waals surface area contributed by atoms with Gasteiger partial charge in [0.05, 0.1) is 35.5 Å².